The minimum absolute atomic E-state index is 0.163. The lowest BCUT2D eigenvalue weighted by atomic mass is 10.3. The Hall–Kier alpha value is -1.82. The summed E-state index contributed by atoms with van der Waals surface area (Å²) in [5, 5.41) is 0. The fourth-order valence-corrected chi connectivity index (χ4v) is 2.41. The third-order valence-corrected chi connectivity index (χ3v) is 3.48. The van der Waals surface area contributed by atoms with Gasteiger partial charge in [-0.25, -0.2) is 14.4 Å². The van der Waals surface area contributed by atoms with Gasteiger partial charge in [0.1, 0.15) is 11.6 Å². The Bertz CT molecular complexity index is 548. The summed E-state index contributed by atoms with van der Waals surface area (Å²) in [4.78, 5) is 8.35. The first kappa shape index (κ1) is 11.7. The van der Waals surface area contributed by atoms with Crippen molar-refractivity contribution in [2.24, 2.45) is 0 Å². The summed E-state index contributed by atoms with van der Waals surface area (Å²) in [7, 11) is -1.37. The standard InChI is InChI=1S/C11H10FN3OS/c12-8-2-3-10(9(13)6-8)17(16)7-11-14-4-1-5-15-11/h1-6H,7,13H2. The third-order valence-electron chi connectivity index (χ3n) is 2.10. The smallest absolute Gasteiger partial charge is 0.141 e. The molecule has 88 valence electrons. The second-order valence-electron chi connectivity index (χ2n) is 3.34. The molecule has 17 heavy (non-hydrogen) atoms. The molecular formula is C11H10FN3OS. The number of benzene rings is 1. The van der Waals surface area contributed by atoms with Gasteiger partial charge in [-0.05, 0) is 24.3 Å². The highest BCUT2D eigenvalue weighted by Gasteiger charge is 2.10. The number of nitrogens with two attached hydrogens (primary N) is 1. The van der Waals surface area contributed by atoms with E-state index in [9.17, 15) is 8.60 Å². The number of aromatic nitrogens is 2. The van der Waals surface area contributed by atoms with Crippen LogP contribution in [0.1, 0.15) is 5.82 Å². The maximum absolute atomic E-state index is 12.8. The van der Waals surface area contributed by atoms with Gasteiger partial charge in [-0.3, -0.25) is 4.21 Å². The van der Waals surface area contributed by atoms with Gasteiger partial charge in [0, 0.05) is 12.4 Å². The SMILES string of the molecule is Nc1cc(F)ccc1S(=O)Cc1ncccn1. The van der Waals surface area contributed by atoms with Crippen molar-refractivity contribution in [3.63, 3.8) is 0 Å². The van der Waals surface area contributed by atoms with Gasteiger partial charge in [-0.1, -0.05) is 0 Å². The van der Waals surface area contributed by atoms with E-state index < -0.39 is 16.6 Å². The van der Waals surface area contributed by atoms with E-state index in [1.54, 1.807) is 18.5 Å². The van der Waals surface area contributed by atoms with E-state index in [1.165, 1.54) is 12.1 Å². The minimum Gasteiger partial charge on any atom is -0.398 e. The van der Waals surface area contributed by atoms with Gasteiger partial charge in [-0.2, -0.15) is 0 Å². The molecule has 1 aromatic heterocycles. The Morgan fingerprint density at radius 1 is 1.29 bits per heavy atom. The summed E-state index contributed by atoms with van der Waals surface area (Å²) in [6, 6.07) is 5.48. The topological polar surface area (TPSA) is 68.9 Å². The average molecular weight is 251 g/mol. The molecule has 0 radical (unpaired) electrons. The van der Waals surface area contributed by atoms with Crippen molar-refractivity contribution in [2.45, 2.75) is 10.6 Å². The summed E-state index contributed by atoms with van der Waals surface area (Å²) in [5.74, 6) is 0.185. The number of nitrogen functional groups attached to an aromatic ring is 1. The van der Waals surface area contributed by atoms with E-state index in [0.717, 1.165) is 6.07 Å². The van der Waals surface area contributed by atoms with E-state index in [2.05, 4.69) is 9.97 Å². The lowest BCUT2D eigenvalue weighted by molar-refractivity contribution is 0.627. The molecule has 0 fully saturated rings. The molecule has 0 aliphatic rings. The molecule has 0 aliphatic carbocycles. The molecule has 1 atom stereocenters. The zero-order chi connectivity index (χ0) is 12.3. The van der Waals surface area contributed by atoms with Crippen LogP contribution >= 0.6 is 0 Å². The molecule has 6 heteroatoms. The highest BCUT2D eigenvalue weighted by atomic mass is 32.2. The van der Waals surface area contributed by atoms with Crippen molar-refractivity contribution < 1.29 is 8.60 Å². The molecule has 2 aromatic rings. The number of anilines is 1. The molecule has 4 nitrogen and oxygen atoms in total. The molecule has 1 heterocycles. The molecule has 0 saturated heterocycles. The fraction of sp³-hybridized carbons (Fsp3) is 0.0909. The van der Waals surface area contributed by atoms with Crippen LogP contribution in [0.2, 0.25) is 0 Å². The summed E-state index contributed by atoms with van der Waals surface area (Å²) in [6.45, 7) is 0. The molecular weight excluding hydrogens is 241 g/mol. The normalized spacial score (nSPS) is 12.3. The van der Waals surface area contributed by atoms with Gasteiger partial charge in [0.15, 0.2) is 0 Å². The maximum atomic E-state index is 12.8. The monoisotopic (exact) mass is 251 g/mol. The van der Waals surface area contributed by atoms with Crippen molar-refractivity contribution in [3.8, 4) is 0 Å². The van der Waals surface area contributed by atoms with Gasteiger partial charge < -0.3 is 5.73 Å². The fourth-order valence-electron chi connectivity index (χ4n) is 1.33. The van der Waals surface area contributed by atoms with Gasteiger partial charge in [0.2, 0.25) is 0 Å². The summed E-state index contributed by atoms with van der Waals surface area (Å²) in [6.07, 6.45) is 3.15. The second kappa shape index (κ2) is 5.01. The van der Waals surface area contributed by atoms with E-state index in [-0.39, 0.29) is 11.4 Å². The van der Waals surface area contributed by atoms with Crippen LogP contribution < -0.4 is 5.73 Å². The molecule has 0 aliphatic heterocycles. The van der Waals surface area contributed by atoms with Gasteiger partial charge in [0.05, 0.1) is 27.1 Å². The van der Waals surface area contributed by atoms with Crippen LogP contribution in [0.5, 0.6) is 0 Å². The molecule has 0 amide bonds. The van der Waals surface area contributed by atoms with Crippen LogP contribution in [0.25, 0.3) is 0 Å². The summed E-state index contributed by atoms with van der Waals surface area (Å²) < 4.78 is 24.8. The first-order chi connectivity index (χ1) is 8.16. The molecule has 0 bridgehead atoms. The predicted molar refractivity (Wildman–Crippen MR) is 63.0 cm³/mol. The Kier molecular flexibility index (Phi) is 3.43. The van der Waals surface area contributed by atoms with Crippen LogP contribution in [0.3, 0.4) is 0 Å². The van der Waals surface area contributed by atoms with Crippen molar-refractivity contribution in [3.05, 3.63) is 48.3 Å². The Morgan fingerprint density at radius 2 is 2.00 bits per heavy atom. The molecule has 2 rings (SSSR count). The van der Waals surface area contributed by atoms with Gasteiger partial charge in [-0.15, -0.1) is 0 Å². The minimum atomic E-state index is -1.37. The zero-order valence-corrected chi connectivity index (χ0v) is 9.65. The molecule has 1 aromatic carbocycles. The zero-order valence-electron chi connectivity index (χ0n) is 8.84. The van der Waals surface area contributed by atoms with Crippen molar-refractivity contribution in [1.29, 1.82) is 0 Å². The summed E-state index contributed by atoms with van der Waals surface area (Å²) in [5.41, 5.74) is 5.78. The highest BCUT2D eigenvalue weighted by molar-refractivity contribution is 7.84. The summed E-state index contributed by atoms with van der Waals surface area (Å²) >= 11 is 0. The second-order valence-corrected chi connectivity index (χ2v) is 4.76. The van der Waals surface area contributed by atoms with Crippen molar-refractivity contribution in [2.75, 3.05) is 5.73 Å². The molecule has 0 saturated carbocycles. The quantitative estimate of drug-likeness (QED) is 0.839. The molecule has 0 spiro atoms. The molecule has 2 N–H and O–H groups in total. The number of rotatable bonds is 3. The van der Waals surface area contributed by atoms with E-state index in [0.29, 0.717) is 10.7 Å². The first-order valence-corrected chi connectivity index (χ1v) is 6.18. The lowest BCUT2D eigenvalue weighted by Gasteiger charge is -2.04. The Morgan fingerprint density at radius 3 is 2.65 bits per heavy atom. The van der Waals surface area contributed by atoms with Crippen LogP contribution in [-0.2, 0) is 16.6 Å². The first-order valence-electron chi connectivity index (χ1n) is 4.86. The van der Waals surface area contributed by atoms with Crippen LogP contribution in [0.15, 0.2) is 41.6 Å². The largest absolute Gasteiger partial charge is 0.398 e. The maximum Gasteiger partial charge on any atom is 0.141 e. The number of hydrogen-bond donors (Lipinski definition) is 1. The Labute approximate surface area is 100 Å². The highest BCUT2D eigenvalue weighted by Crippen LogP contribution is 2.19. The van der Waals surface area contributed by atoms with Gasteiger partial charge in [0.25, 0.3) is 0 Å². The van der Waals surface area contributed by atoms with Gasteiger partial charge >= 0.3 is 0 Å². The molecule has 1 unspecified atom stereocenters. The van der Waals surface area contributed by atoms with Crippen LogP contribution in [0.4, 0.5) is 10.1 Å². The number of hydrogen-bond acceptors (Lipinski definition) is 4. The Balaban J connectivity index is 2.21. The van der Waals surface area contributed by atoms with Crippen molar-refractivity contribution >= 4 is 16.5 Å². The average Bonchev–Trinajstić information content (AvgIpc) is 2.30. The van der Waals surface area contributed by atoms with Crippen LogP contribution in [0, 0.1) is 5.82 Å². The number of halogens is 1. The lowest BCUT2D eigenvalue weighted by Crippen LogP contribution is -2.04. The van der Waals surface area contributed by atoms with E-state index >= 15 is 0 Å². The number of nitrogens with zero attached hydrogens (tertiary/aromatic N) is 2. The van der Waals surface area contributed by atoms with Crippen molar-refractivity contribution in [1.82, 2.24) is 9.97 Å². The van der Waals surface area contributed by atoms with Crippen LogP contribution in [-0.4, -0.2) is 14.2 Å². The predicted octanol–water partition coefficient (Wildman–Crippen LogP) is 1.51. The third kappa shape index (κ3) is 2.85. The van der Waals surface area contributed by atoms with E-state index in [1.807, 2.05) is 0 Å². The van der Waals surface area contributed by atoms with E-state index in [4.69, 9.17) is 5.73 Å².